The zero-order chi connectivity index (χ0) is 24.2. The molecule has 1 saturated heterocycles. The summed E-state index contributed by atoms with van der Waals surface area (Å²) in [6, 6.07) is 19.4. The number of rotatable bonds is 6. The molecule has 1 heterocycles. The van der Waals surface area contributed by atoms with Crippen molar-refractivity contribution < 1.29 is 23.8 Å². The van der Waals surface area contributed by atoms with E-state index in [4.69, 9.17) is 38.0 Å². The van der Waals surface area contributed by atoms with Crippen molar-refractivity contribution in [2.45, 2.75) is 0 Å². The van der Waals surface area contributed by atoms with E-state index in [-0.39, 0.29) is 15.7 Å². The first kappa shape index (κ1) is 23.3. The maximum atomic E-state index is 13.3. The standard InChI is InChI=1S/C25H19ClN2O5S/c1-31-20-13-8-15(21(26)22(20)32-2)14-19-23(29)27-25(34)28(24(19)30)16-9-11-18(12-10-16)33-17-6-4-3-5-7-17/h3-14H,1-2H3,(H,27,29,34)/b19-14+. The van der Waals surface area contributed by atoms with Crippen LogP contribution in [0.2, 0.25) is 5.02 Å². The van der Waals surface area contributed by atoms with Gasteiger partial charge >= 0.3 is 0 Å². The van der Waals surface area contributed by atoms with Gasteiger partial charge in [0.15, 0.2) is 16.6 Å². The summed E-state index contributed by atoms with van der Waals surface area (Å²) < 4.78 is 16.3. The van der Waals surface area contributed by atoms with Gasteiger partial charge in [-0.2, -0.15) is 0 Å². The highest BCUT2D eigenvalue weighted by Crippen LogP contribution is 2.38. The number of para-hydroxylation sites is 1. The van der Waals surface area contributed by atoms with E-state index in [1.807, 2.05) is 30.3 Å². The lowest BCUT2D eigenvalue weighted by molar-refractivity contribution is -0.122. The van der Waals surface area contributed by atoms with Crippen molar-refractivity contribution >= 4 is 52.5 Å². The molecule has 0 unspecified atom stereocenters. The minimum absolute atomic E-state index is 0.0257. The SMILES string of the molecule is COc1ccc(/C=C2\C(=O)NC(=S)N(c3ccc(Oc4ccccc4)cc3)C2=O)c(Cl)c1OC. The Morgan fingerprint density at radius 2 is 1.59 bits per heavy atom. The Morgan fingerprint density at radius 1 is 0.912 bits per heavy atom. The van der Waals surface area contributed by atoms with Crippen molar-refractivity contribution in [3.8, 4) is 23.0 Å². The number of carbonyl (C=O) groups excluding carboxylic acids is 2. The molecule has 2 amide bonds. The van der Waals surface area contributed by atoms with E-state index in [1.54, 1.807) is 36.4 Å². The monoisotopic (exact) mass is 494 g/mol. The number of methoxy groups -OCH3 is 2. The van der Waals surface area contributed by atoms with Gasteiger partial charge < -0.3 is 14.2 Å². The third-order valence-corrected chi connectivity index (χ3v) is 5.66. The fourth-order valence-corrected chi connectivity index (χ4v) is 3.92. The molecule has 7 nitrogen and oxygen atoms in total. The number of nitrogens with one attached hydrogen (secondary N) is 1. The molecule has 0 spiro atoms. The Balaban J connectivity index is 1.64. The zero-order valence-corrected chi connectivity index (χ0v) is 19.8. The minimum Gasteiger partial charge on any atom is -0.493 e. The van der Waals surface area contributed by atoms with Crippen molar-refractivity contribution in [3.05, 3.63) is 82.9 Å². The van der Waals surface area contributed by atoms with Crippen LogP contribution >= 0.6 is 23.8 Å². The average Bonchev–Trinajstić information content (AvgIpc) is 2.84. The van der Waals surface area contributed by atoms with E-state index in [1.165, 1.54) is 25.2 Å². The fraction of sp³-hybridized carbons (Fsp3) is 0.0800. The van der Waals surface area contributed by atoms with Crippen LogP contribution in [-0.2, 0) is 9.59 Å². The molecule has 4 rings (SSSR count). The van der Waals surface area contributed by atoms with E-state index in [2.05, 4.69) is 5.32 Å². The normalized spacial score (nSPS) is 14.7. The average molecular weight is 495 g/mol. The number of hydrogen-bond acceptors (Lipinski definition) is 6. The number of benzene rings is 3. The van der Waals surface area contributed by atoms with Gasteiger partial charge in [-0.1, -0.05) is 29.8 Å². The minimum atomic E-state index is -0.624. The lowest BCUT2D eigenvalue weighted by Crippen LogP contribution is -2.54. The number of anilines is 1. The van der Waals surface area contributed by atoms with Crippen LogP contribution in [0.1, 0.15) is 5.56 Å². The van der Waals surface area contributed by atoms with Crippen molar-refractivity contribution in [3.63, 3.8) is 0 Å². The van der Waals surface area contributed by atoms with Gasteiger partial charge in [-0.3, -0.25) is 19.8 Å². The molecule has 34 heavy (non-hydrogen) atoms. The van der Waals surface area contributed by atoms with Crippen LogP contribution in [0.4, 0.5) is 5.69 Å². The Kier molecular flexibility index (Phi) is 6.81. The third-order valence-electron chi connectivity index (χ3n) is 4.99. The quantitative estimate of drug-likeness (QED) is 0.296. The van der Waals surface area contributed by atoms with Crippen LogP contribution in [0.15, 0.2) is 72.3 Å². The van der Waals surface area contributed by atoms with Gasteiger partial charge in [0.2, 0.25) is 0 Å². The number of hydrogen-bond donors (Lipinski definition) is 1. The first-order valence-electron chi connectivity index (χ1n) is 10.1. The number of ether oxygens (including phenoxy) is 3. The summed E-state index contributed by atoms with van der Waals surface area (Å²) in [7, 11) is 2.93. The molecule has 0 atom stereocenters. The number of nitrogens with zero attached hydrogens (tertiary/aromatic N) is 1. The molecule has 3 aromatic rings. The Morgan fingerprint density at radius 3 is 2.24 bits per heavy atom. The molecule has 0 aromatic heterocycles. The number of carbonyl (C=O) groups is 2. The van der Waals surface area contributed by atoms with Crippen molar-refractivity contribution in [2.75, 3.05) is 19.1 Å². The molecule has 9 heteroatoms. The summed E-state index contributed by atoms with van der Waals surface area (Å²) >= 11 is 11.7. The fourth-order valence-electron chi connectivity index (χ4n) is 3.35. The summed E-state index contributed by atoms with van der Waals surface area (Å²) in [4.78, 5) is 27.1. The van der Waals surface area contributed by atoms with Crippen molar-refractivity contribution in [1.82, 2.24) is 5.32 Å². The molecule has 0 aliphatic carbocycles. The van der Waals surface area contributed by atoms with Gasteiger partial charge in [-0.05, 0) is 72.4 Å². The van der Waals surface area contributed by atoms with Crippen LogP contribution in [-0.4, -0.2) is 31.1 Å². The highest BCUT2D eigenvalue weighted by Gasteiger charge is 2.34. The second-order valence-electron chi connectivity index (χ2n) is 7.07. The van der Waals surface area contributed by atoms with Gasteiger partial charge in [0, 0.05) is 0 Å². The summed E-state index contributed by atoms with van der Waals surface area (Å²) in [6.45, 7) is 0. The summed E-state index contributed by atoms with van der Waals surface area (Å²) in [5, 5.41) is 2.73. The van der Waals surface area contributed by atoms with Crippen LogP contribution in [0.3, 0.4) is 0 Å². The van der Waals surface area contributed by atoms with E-state index in [0.29, 0.717) is 34.2 Å². The molecule has 1 aliphatic rings. The third kappa shape index (κ3) is 4.59. The lowest BCUT2D eigenvalue weighted by Gasteiger charge is -2.29. The number of thiocarbonyl (C=S) groups is 1. The van der Waals surface area contributed by atoms with Gasteiger partial charge in [0.25, 0.3) is 11.8 Å². The second-order valence-corrected chi connectivity index (χ2v) is 7.84. The molecule has 0 radical (unpaired) electrons. The van der Waals surface area contributed by atoms with E-state index in [0.717, 1.165) is 0 Å². The second kappa shape index (κ2) is 9.94. The van der Waals surface area contributed by atoms with Gasteiger partial charge in [-0.15, -0.1) is 0 Å². The van der Waals surface area contributed by atoms with E-state index in [9.17, 15) is 9.59 Å². The predicted octanol–water partition coefficient (Wildman–Crippen LogP) is 4.98. The van der Waals surface area contributed by atoms with E-state index >= 15 is 0 Å². The molecule has 3 aromatic carbocycles. The Bertz CT molecular complexity index is 1290. The highest BCUT2D eigenvalue weighted by molar-refractivity contribution is 7.80. The number of halogens is 1. The first-order valence-corrected chi connectivity index (χ1v) is 10.9. The summed E-state index contributed by atoms with van der Waals surface area (Å²) in [6.07, 6.45) is 1.39. The van der Waals surface area contributed by atoms with Crippen molar-refractivity contribution in [1.29, 1.82) is 0 Å². The van der Waals surface area contributed by atoms with Crippen LogP contribution in [0.25, 0.3) is 6.08 Å². The molecular weight excluding hydrogens is 476 g/mol. The highest BCUT2D eigenvalue weighted by atomic mass is 35.5. The lowest BCUT2D eigenvalue weighted by atomic mass is 10.1. The first-order chi connectivity index (χ1) is 16.4. The van der Waals surface area contributed by atoms with Crippen LogP contribution < -0.4 is 24.4 Å². The molecule has 172 valence electrons. The molecular formula is C25H19ClN2O5S. The maximum absolute atomic E-state index is 13.3. The molecule has 1 aliphatic heterocycles. The number of amides is 2. The largest absolute Gasteiger partial charge is 0.493 e. The Labute approximate surface area is 206 Å². The van der Waals surface area contributed by atoms with Gasteiger partial charge in [0.05, 0.1) is 24.9 Å². The molecule has 1 N–H and O–H groups in total. The smallest absolute Gasteiger partial charge is 0.270 e. The van der Waals surface area contributed by atoms with Gasteiger partial charge in [-0.25, -0.2) is 0 Å². The molecule has 0 bridgehead atoms. The molecule has 1 fully saturated rings. The van der Waals surface area contributed by atoms with Crippen molar-refractivity contribution in [2.24, 2.45) is 0 Å². The maximum Gasteiger partial charge on any atom is 0.270 e. The van der Waals surface area contributed by atoms with Crippen LogP contribution in [0.5, 0.6) is 23.0 Å². The van der Waals surface area contributed by atoms with E-state index < -0.39 is 11.8 Å². The summed E-state index contributed by atoms with van der Waals surface area (Å²) in [5.41, 5.74) is 0.754. The molecule has 0 saturated carbocycles. The van der Waals surface area contributed by atoms with Crippen LogP contribution in [0, 0.1) is 0 Å². The zero-order valence-electron chi connectivity index (χ0n) is 18.2. The Hall–Kier alpha value is -3.88. The topological polar surface area (TPSA) is 77.1 Å². The summed E-state index contributed by atoms with van der Waals surface area (Å²) in [5.74, 6) is 0.780. The van der Waals surface area contributed by atoms with Gasteiger partial charge in [0.1, 0.15) is 17.1 Å². The predicted molar refractivity (Wildman–Crippen MR) is 134 cm³/mol.